The van der Waals surface area contributed by atoms with Crippen molar-refractivity contribution in [1.82, 2.24) is 5.32 Å². The summed E-state index contributed by atoms with van der Waals surface area (Å²) in [6.45, 7) is 1.21. The molecule has 30 heavy (non-hydrogen) atoms. The van der Waals surface area contributed by atoms with Gasteiger partial charge in [-0.15, -0.1) is 0 Å². The van der Waals surface area contributed by atoms with Gasteiger partial charge in [0.05, 0.1) is 0 Å². The predicted octanol–water partition coefficient (Wildman–Crippen LogP) is 1.95. The van der Waals surface area contributed by atoms with Crippen molar-refractivity contribution in [2.45, 2.75) is 6.92 Å². The molecule has 0 bridgehead atoms. The zero-order valence-electron chi connectivity index (χ0n) is 15.3. The average Bonchev–Trinajstić information content (AvgIpc) is 2.61. The average molecular weight is 814 g/mol. The van der Waals surface area contributed by atoms with Gasteiger partial charge >= 0.3 is 217 Å². The number of hydrogen-bond acceptors (Lipinski definition) is 6. The fraction of sp³-hybridized carbons (Fsp3) is 0.118. The van der Waals surface area contributed by atoms with Crippen molar-refractivity contribution in [1.29, 1.82) is 0 Å². The molecule has 1 atom stereocenters. The number of phenols is 1. The first-order chi connectivity index (χ1) is 13.9. The minimum atomic E-state index is -5.42. The van der Waals surface area contributed by atoms with Crippen LogP contribution in [0.15, 0.2) is 24.3 Å². The van der Waals surface area contributed by atoms with E-state index >= 15 is 0 Å². The summed E-state index contributed by atoms with van der Waals surface area (Å²) in [5.74, 6) is -2.29. The molecule has 0 heterocycles. The van der Waals surface area contributed by atoms with Crippen molar-refractivity contribution in [3.05, 3.63) is 46.1 Å². The van der Waals surface area contributed by atoms with Crippen molar-refractivity contribution >= 4 is 110 Å². The van der Waals surface area contributed by atoms with E-state index in [1.165, 1.54) is 14.0 Å². The van der Waals surface area contributed by atoms with Crippen LogP contribution in [0.4, 0.5) is 5.69 Å². The van der Waals surface area contributed by atoms with Gasteiger partial charge in [-0.3, -0.25) is 0 Å². The maximum absolute atomic E-state index is 12.8. The van der Waals surface area contributed by atoms with Gasteiger partial charge in [0.2, 0.25) is 0 Å². The molecule has 2 aromatic rings. The van der Waals surface area contributed by atoms with Crippen molar-refractivity contribution in [2.75, 3.05) is 12.4 Å². The number of anilines is 1. The van der Waals surface area contributed by atoms with E-state index in [9.17, 15) is 27.3 Å². The molecule has 9 nitrogen and oxygen atoms in total. The molecule has 2 aromatic carbocycles. The molecule has 0 radical (unpaired) electrons. The van der Waals surface area contributed by atoms with Gasteiger partial charge in [0, 0.05) is 0 Å². The number of phenolic OH excluding ortho intramolecular Hbond substituents is 1. The fourth-order valence-corrected chi connectivity index (χ4v) is 8.66. The Bertz CT molecular complexity index is 1110. The van der Waals surface area contributed by atoms with Crippen LogP contribution in [0.2, 0.25) is 0 Å². The van der Waals surface area contributed by atoms with E-state index in [1.807, 2.05) is 67.8 Å². The van der Waals surface area contributed by atoms with Gasteiger partial charge in [0.25, 0.3) is 0 Å². The van der Waals surface area contributed by atoms with Crippen molar-refractivity contribution < 1.29 is 31.1 Å². The summed E-state index contributed by atoms with van der Waals surface area (Å²) in [7, 11) is 1.45. The Morgan fingerprint density at radius 1 is 1.07 bits per heavy atom. The van der Waals surface area contributed by atoms with Gasteiger partial charge in [0.1, 0.15) is 0 Å². The molecule has 1 unspecified atom stereocenters. The first-order valence-corrected chi connectivity index (χ1v) is 14.5. The fourth-order valence-electron chi connectivity index (χ4n) is 2.31. The normalized spacial score (nSPS) is 12.6. The van der Waals surface area contributed by atoms with Crippen LogP contribution in [0.3, 0.4) is 0 Å². The first kappa shape index (κ1) is 25.4. The molecule has 0 aliphatic heterocycles. The van der Waals surface area contributed by atoms with E-state index in [-0.39, 0.29) is 30.5 Å². The van der Waals surface area contributed by atoms with Gasteiger partial charge in [-0.25, -0.2) is 0 Å². The number of halogens is 3. The summed E-state index contributed by atoms with van der Waals surface area (Å²) in [4.78, 5) is 36.2. The molecule has 160 valence electrons. The Morgan fingerprint density at radius 3 is 2.23 bits per heavy atom. The molecule has 2 rings (SSSR count). The standard InChI is InChI=1S/C17H14AsI3N2O7/c1-7(24)23-11-5-8(3-4-12(11)25)18(28,29)30-17(27)14-10(20)6-9(19)13(15(14)21)16(26)22-2/h3-6,25H,1-2H3,(H,22,26)(H,23,24)(H,28,29). The maximum atomic E-state index is 12.8. The van der Waals surface area contributed by atoms with Gasteiger partial charge in [-0.05, 0) is 0 Å². The van der Waals surface area contributed by atoms with Crippen molar-refractivity contribution in [2.24, 2.45) is 0 Å². The molecule has 0 saturated heterocycles. The zero-order chi connectivity index (χ0) is 22.8. The van der Waals surface area contributed by atoms with Gasteiger partial charge in [0.15, 0.2) is 0 Å². The number of nitrogens with one attached hydrogen (secondary N) is 2. The van der Waals surface area contributed by atoms with E-state index in [0.717, 1.165) is 18.2 Å². The number of rotatable bonds is 5. The second-order valence-corrected chi connectivity index (χ2v) is 12.8. The molecule has 2 amide bonds. The Labute approximate surface area is 215 Å². The topological polar surface area (TPSA) is 142 Å². The van der Waals surface area contributed by atoms with Crippen LogP contribution < -0.4 is 15.0 Å². The van der Waals surface area contributed by atoms with Crippen LogP contribution in [0.1, 0.15) is 27.6 Å². The molecule has 0 fully saturated rings. The van der Waals surface area contributed by atoms with Crippen LogP contribution in [0.25, 0.3) is 0 Å². The minimum absolute atomic E-state index is 0.00763. The summed E-state index contributed by atoms with van der Waals surface area (Å²) in [6, 6.07) is 4.91. The Kier molecular flexibility index (Phi) is 8.63. The second kappa shape index (κ2) is 10.2. The second-order valence-electron chi connectivity index (χ2n) is 5.77. The third-order valence-electron chi connectivity index (χ3n) is 3.65. The number of hydrogen-bond donors (Lipinski definition) is 4. The number of carbonyl (C=O) groups is 3. The van der Waals surface area contributed by atoms with Crippen LogP contribution >= 0.6 is 67.8 Å². The van der Waals surface area contributed by atoms with Gasteiger partial charge in [-0.1, -0.05) is 0 Å². The predicted molar refractivity (Wildman–Crippen MR) is 134 cm³/mol. The van der Waals surface area contributed by atoms with Crippen LogP contribution in [-0.2, 0) is 12.3 Å². The molecule has 0 aliphatic rings. The van der Waals surface area contributed by atoms with E-state index in [4.69, 9.17) is 3.73 Å². The Balaban J connectivity index is 2.46. The number of benzene rings is 2. The third kappa shape index (κ3) is 5.69. The third-order valence-corrected chi connectivity index (χ3v) is 9.25. The Hall–Kier alpha value is -0.842. The summed E-state index contributed by atoms with van der Waals surface area (Å²) < 4.78 is 29.3. The van der Waals surface area contributed by atoms with E-state index < -0.39 is 32.0 Å². The molecule has 0 saturated carbocycles. The summed E-state index contributed by atoms with van der Waals surface area (Å²) >= 11 is 0.246. The van der Waals surface area contributed by atoms with Crippen LogP contribution in [-0.4, -0.2) is 48.2 Å². The molecule has 0 aliphatic carbocycles. The number of amides is 2. The van der Waals surface area contributed by atoms with Gasteiger partial charge in [-0.2, -0.15) is 0 Å². The monoisotopic (exact) mass is 814 g/mol. The molecule has 0 aromatic heterocycles. The van der Waals surface area contributed by atoms with Crippen LogP contribution in [0, 0.1) is 10.7 Å². The number of carbonyl (C=O) groups excluding carboxylic acids is 3. The van der Waals surface area contributed by atoms with Gasteiger partial charge < -0.3 is 0 Å². The van der Waals surface area contributed by atoms with E-state index in [0.29, 0.717) is 7.14 Å². The van der Waals surface area contributed by atoms with E-state index in [2.05, 4.69) is 10.6 Å². The first-order valence-electron chi connectivity index (χ1n) is 7.96. The SMILES string of the molecule is CNC(=O)c1c(I)cc(I)c(C(=O)O[As](=O)(O)c2ccc(O)c(NC(C)=O)c2)c1I. The molecule has 4 N–H and O–H groups in total. The summed E-state index contributed by atoms with van der Waals surface area (Å²) in [5, 5.41) is 14.6. The Morgan fingerprint density at radius 2 is 1.67 bits per heavy atom. The molecular formula is C17H14AsI3N2O7. The molecule has 0 spiro atoms. The van der Waals surface area contributed by atoms with E-state index in [1.54, 1.807) is 6.07 Å². The molecule has 13 heteroatoms. The quantitative estimate of drug-likeness (QED) is 0.206. The van der Waals surface area contributed by atoms with Crippen LogP contribution in [0.5, 0.6) is 5.75 Å². The van der Waals surface area contributed by atoms with Crippen molar-refractivity contribution in [3.8, 4) is 5.75 Å². The molecular weight excluding hydrogens is 800 g/mol. The summed E-state index contributed by atoms with van der Waals surface area (Å²) in [6.07, 6.45) is 0. The zero-order valence-corrected chi connectivity index (χ0v) is 23.7. The van der Waals surface area contributed by atoms with Crippen molar-refractivity contribution in [3.63, 3.8) is 0 Å². The number of aromatic hydroxyl groups is 1. The summed E-state index contributed by atoms with van der Waals surface area (Å²) in [5.41, 5.74) is 0.155.